The van der Waals surface area contributed by atoms with Gasteiger partial charge in [0.15, 0.2) is 0 Å². The van der Waals surface area contributed by atoms with Crippen molar-refractivity contribution >= 4 is 236 Å². The summed E-state index contributed by atoms with van der Waals surface area (Å²) in [6, 6.07) is 126. The number of hydrogen-bond donors (Lipinski definition) is 0. The van der Waals surface area contributed by atoms with Crippen molar-refractivity contribution in [3.05, 3.63) is 467 Å². The fourth-order valence-corrected chi connectivity index (χ4v) is 20.8. The van der Waals surface area contributed by atoms with Crippen molar-refractivity contribution in [1.82, 2.24) is 0 Å². The van der Waals surface area contributed by atoms with E-state index >= 15 is 0 Å². The number of ether oxygens (including phenoxy) is 3. The molecule has 0 radical (unpaired) electrons. The predicted octanol–water partition coefficient (Wildman–Crippen LogP) is 26.2. The molecule has 6 heterocycles. The lowest BCUT2D eigenvalue weighted by molar-refractivity contribution is 0.0373. The molecular formula is C120H66N6O15. The average Bonchev–Trinajstić information content (AvgIpc) is 0.709. The summed E-state index contributed by atoms with van der Waals surface area (Å²) >= 11 is 0. The second kappa shape index (κ2) is 32.5. The maximum atomic E-state index is 14.5. The fourth-order valence-electron chi connectivity index (χ4n) is 20.8. The SMILES string of the molecule is O=C1OC(=O)c2ccc3c4c(ccc1c24)C(=O)N(c1ccc(N(c2ccccc2)c2c4ccccc4cc4ccccc24)cc1)C3=O.O=C1OC(=O)c2ccc3c4c(ccc1c24)C(=O)N(c1cccc(N(c2ccccc2)c2c4ccccc4cc4ccccc24)c1)C3=O.O=C1OC(=O)c2ccc3c4c(ccc1c24)C(=O)N(c1ccccc1N(c1ccccc1)c1c2ccccc2cc2ccccc12)C3=O. The molecular weight excluding hydrogens is 1770 g/mol. The highest BCUT2D eigenvalue weighted by atomic mass is 16.6. The first kappa shape index (κ1) is 83.1. The van der Waals surface area contributed by atoms with Crippen LogP contribution in [0, 0.1) is 0 Å². The first-order valence-electron chi connectivity index (χ1n) is 45.3. The zero-order valence-corrected chi connectivity index (χ0v) is 73.9. The molecule has 0 aromatic heterocycles. The second-order valence-corrected chi connectivity index (χ2v) is 34.6. The molecule has 0 fully saturated rings. The van der Waals surface area contributed by atoms with Gasteiger partial charge in [0.1, 0.15) is 0 Å². The van der Waals surface area contributed by atoms with Crippen LogP contribution >= 0.6 is 0 Å². The Balaban J connectivity index is 0.000000111. The summed E-state index contributed by atoms with van der Waals surface area (Å²) in [6.45, 7) is 0. The third kappa shape index (κ3) is 13.0. The molecule has 0 bridgehead atoms. The van der Waals surface area contributed by atoms with E-state index in [0.29, 0.717) is 33.5 Å². The van der Waals surface area contributed by atoms with E-state index in [0.717, 1.165) is 120 Å². The van der Waals surface area contributed by atoms with Gasteiger partial charge in [0.05, 0.1) is 73.2 Å². The number of esters is 6. The van der Waals surface area contributed by atoms with Crippen molar-refractivity contribution in [2.45, 2.75) is 0 Å². The minimum absolute atomic E-state index is 0.146. The molecule has 0 unspecified atom stereocenters. The summed E-state index contributed by atoms with van der Waals surface area (Å²) in [5, 5.41) is 14.4. The maximum absolute atomic E-state index is 14.5. The number of carbonyl (C=O) groups is 12. The second-order valence-electron chi connectivity index (χ2n) is 34.6. The van der Waals surface area contributed by atoms with Crippen molar-refractivity contribution < 1.29 is 71.7 Å². The molecule has 6 aliphatic heterocycles. The quantitative estimate of drug-likeness (QED) is 0.0362. The number of amides is 6. The van der Waals surface area contributed by atoms with E-state index in [1.165, 1.54) is 77.7 Å². The van der Waals surface area contributed by atoms with Gasteiger partial charge in [0, 0.05) is 126 Å². The molecule has 666 valence electrons. The Bertz CT molecular complexity index is 8920. The van der Waals surface area contributed by atoms with Gasteiger partial charge in [-0.15, -0.1) is 0 Å². The Kier molecular flexibility index (Phi) is 19.2. The molecule has 0 saturated heterocycles. The van der Waals surface area contributed by atoms with Gasteiger partial charge in [-0.3, -0.25) is 28.8 Å². The minimum atomic E-state index is -0.806. The Morgan fingerprint density at radius 1 is 0.170 bits per heavy atom. The van der Waals surface area contributed by atoms with E-state index in [1.54, 1.807) is 30.3 Å². The fraction of sp³-hybridized carbons (Fsp3) is 0. The summed E-state index contributed by atoms with van der Waals surface area (Å²) in [7, 11) is 0. The Hall–Kier alpha value is -19.8. The molecule has 6 aliphatic rings. The number of nitrogens with zero attached hydrogens (tertiary/aromatic N) is 6. The lowest BCUT2D eigenvalue weighted by Gasteiger charge is -2.34. The number of imide groups is 3. The van der Waals surface area contributed by atoms with Crippen LogP contribution in [-0.4, -0.2) is 71.3 Å². The highest BCUT2D eigenvalue weighted by Gasteiger charge is 2.44. The van der Waals surface area contributed by atoms with Crippen molar-refractivity contribution in [1.29, 1.82) is 0 Å². The van der Waals surface area contributed by atoms with Gasteiger partial charge in [-0.05, 0) is 214 Å². The van der Waals surface area contributed by atoms with Crippen LogP contribution in [0.25, 0.3) is 97.0 Å². The van der Waals surface area contributed by atoms with Gasteiger partial charge in [-0.2, -0.15) is 0 Å². The van der Waals surface area contributed by atoms with Crippen molar-refractivity contribution in [3.8, 4) is 0 Å². The predicted molar refractivity (Wildman–Crippen MR) is 543 cm³/mol. The average molecular weight is 1830 g/mol. The lowest BCUT2D eigenvalue weighted by Crippen LogP contribution is -2.41. The Morgan fingerprint density at radius 3 is 0.730 bits per heavy atom. The lowest BCUT2D eigenvalue weighted by atomic mass is 9.87. The van der Waals surface area contributed by atoms with Crippen LogP contribution < -0.4 is 29.4 Å². The number of para-hydroxylation sites is 5. The zero-order chi connectivity index (χ0) is 95.4. The number of hydrogen-bond acceptors (Lipinski definition) is 18. The standard InChI is InChI=1S/3C40H22N2O5/c43-37-28-18-20-30-35-31(40(46)47-39(30)45)21-19-29(34(28)35)38(44)42(37)33-17-9-8-16-32(33)41(25-12-2-1-3-13-25)36-26-14-6-4-10-23(26)22-24-11-5-7-15-27(24)36;43-37-30-17-19-32-35-33(40(46)47-39(32)45)20-18-31(34(30)35)38(44)42(37)27-14-8-13-26(22-27)41(25-11-2-1-3-12-25)36-28-15-6-4-9-23(28)21-24-10-5-7-16-29(24)36;43-37-30-18-20-32-35-33(40(46)47-39(32)45)21-19-31(34(30)35)38(44)42(37)27-16-14-26(15-17-27)41(25-10-2-1-3-11-25)36-28-12-6-4-8-23(28)22-24-9-5-7-13-29(24)36/h3*1-22H. The molecule has 6 amide bonds. The van der Waals surface area contributed by atoms with Crippen molar-refractivity contribution in [2.75, 3.05) is 29.4 Å². The summed E-state index contributed by atoms with van der Waals surface area (Å²) in [5.41, 5.74) is 11.3. The van der Waals surface area contributed by atoms with E-state index in [2.05, 4.69) is 118 Å². The molecule has 0 N–H and O–H groups in total. The van der Waals surface area contributed by atoms with Crippen LogP contribution in [0.4, 0.5) is 68.2 Å². The number of fused-ring (bicyclic) bond motifs is 6. The number of rotatable bonds is 12. The molecule has 0 aliphatic carbocycles. The molecule has 0 spiro atoms. The van der Waals surface area contributed by atoms with Crippen LogP contribution in [0.3, 0.4) is 0 Å². The van der Waals surface area contributed by atoms with Gasteiger partial charge in [-0.1, -0.05) is 218 Å². The summed E-state index contributed by atoms with van der Waals surface area (Å²) in [5.74, 6) is -8.09. The molecule has 21 aromatic rings. The number of anilines is 12. The normalized spacial score (nSPS) is 13.8. The first-order chi connectivity index (χ1) is 69.0. The van der Waals surface area contributed by atoms with Crippen LogP contribution in [0.2, 0.25) is 0 Å². The smallest absolute Gasteiger partial charge is 0.346 e. The first-order valence-corrected chi connectivity index (χ1v) is 45.3. The summed E-state index contributed by atoms with van der Waals surface area (Å²) in [6.07, 6.45) is 0. The Labute approximate surface area is 799 Å². The van der Waals surface area contributed by atoms with Gasteiger partial charge < -0.3 is 28.9 Å². The number of benzene rings is 21. The van der Waals surface area contributed by atoms with Gasteiger partial charge in [0.2, 0.25) is 0 Å². The summed E-state index contributed by atoms with van der Waals surface area (Å²) < 4.78 is 14.6. The molecule has 21 aromatic carbocycles. The van der Waals surface area contributed by atoms with E-state index in [9.17, 15) is 57.5 Å². The largest absolute Gasteiger partial charge is 0.386 e. The third-order valence-corrected chi connectivity index (χ3v) is 27.0. The highest BCUT2D eigenvalue weighted by molar-refractivity contribution is 6.42. The van der Waals surface area contributed by atoms with E-state index < -0.39 is 71.3 Å². The monoisotopic (exact) mass is 1830 g/mol. The van der Waals surface area contributed by atoms with Crippen LogP contribution in [0.5, 0.6) is 0 Å². The number of carbonyl (C=O) groups excluding carboxylic acids is 12. The molecule has 27 rings (SSSR count). The highest BCUT2D eigenvalue weighted by Crippen LogP contribution is 2.53. The van der Waals surface area contributed by atoms with Gasteiger partial charge in [-0.25, -0.2) is 43.5 Å². The van der Waals surface area contributed by atoms with Crippen molar-refractivity contribution in [3.63, 3.8) is 0 Å². The summed E-state index contributed by atoms with van der Waals surface area (Å²) in [4.78, 5) is 170. The van der Waals surface area contributed by atoms with Gasteiger partial charge in [0.25, 0.3) is 35.4 Å². The topological polar surface area (TPSA) is 252 Å². The Morgan fingerprint density at radius 2 is 0.404 bits per heavy atom. The molecule has 141 heavy (non-hydrogen) atoms. The van der Waals surface area contributed by atoms with Crippen LogP contribution in [0.1, 0.15) is 124 Å². The molecule has 21 nitrogen and oxygen atoms in total. The molecule has 21 heteroatoms. The van der Waals surface area contributed by atoms with E-state index in [-0.39, 0.29) is 88.3 Å². The van der Waals surface area contributed by atoms with Crippen LogP contribution in [-0.2, 0) is 14.2 Å². The van der Waals surface area contributed by atoms with Crippen LogP contribution in [0.15, 0.2) is 400 Å². The molecule has 0 atom stereocenters. The van der Waals surface area contributed by atoms with E-state index in [4.69, 9.17) is 14.2 Å². The van der Waals surface area contributed by atoms with Gasteiger partial charge >= 0.3 is 35.8 Å². The third-order valence-electron chi connectivity index (χ3n) is 27.0. The zero-order valence-electron chi connectivity index (χ0n) is 73.9. The minimum Gasteiger partial charge on any atom is -0.386 e. The van der Waals surface area contributed by atoms with Crippen molar-refractivity contribution in [2.24, 2.45) is 0 Å². The molecule has 0 saturated carbocycles. The number of cyclic esters (lactones) is 6. The van der Waals surface area contributed by atoms with E-state index in [1.807, 2.05) is 194 Å². The maximum Gasteiger partial charge on any atom is 0.346 e.